The molecule has 0 radical (unpaired) electrons. The molecule has 39 heavy (non-hydrogen) atoms. The van der Waals surface area contributed by atoms with Gasteiger partial charge in [0.1, 0.15) is 11.6 Å². The van der Waals surface area contributed by atoms with Gasteiger partial charge in [-0.2, -0.15) is 10.2 Å². The lowest BCUT2D eigenvalue weighted by Crippen LogP contribution is -2.29. The van der Waals surface area contributed by atoms with E-state index >= 15 is 0 Å². The van der Waals surface area contributed by atoms with Gasteiger partial charge in [0.15, 0.2) is 0 Å². The van der Waals surface area contributed by atoms with Crippen molar-refractivity contribution in [2.75, 3.05) is 0 Å². The number of benzene rings is 4. The van der Waals surface area contributed by atoms with Gasteiger partial charge in [-0.1, -0.05) is 44.0 Å². The minimum atomic E-state index is -1.51. The van der Waals surface area contributed by atoms with Crippen molar-refractivity contribution in [3.05, 3.63) is 117 Å². The minimum absolute atomic E-state index is 0.242. The smallest absolute Gasteiger partial charge is 0.423 e. The molecule has 11 heteroatoms. The molecule has 2 heterocycles. The van der Waals surface area contributed by atoms with E-state index in [0.29, 0.717) is 5.46 Å². The summed E-state index contributed by atoms with van der Waals surface area (Å²) in [5.41, 5.74) is 5.62. The molecule has 198 valence electrons. The zero-order valence-electron chi connectivity index (χ0n) is 20.9. The third-order valence-corrected chi connectivity index (χ3v) is 7.52. The Balaban J connectivity index is 0.000000145. The fourth-order valence-corrected chi connectivity index (χ4v) is 4.37. The van der Waals surface area contributed by atoms with Crippen LogP contribution in [0.15, 0.2) is 94.1 Å². The number of nitrogens with zero attached hydrogens (tertiary/aromatic N) is 3. The van der Waals surface area contributed by atoms with Crippen molar-refractivity contribution in [1.82, 2.24) is 20.0 Å². The van der Waals surface area contributed by atoms with Crippen molar-refractivity contribution in [2.24, 2.45) is 0 Å². The third kappa shape index (κ3) is 7.18. The second-order valence-corrected chi connectivity index (χ2v) is 10.4. The lowest BCUT2D eigenvalue weighted by Gasteiger charge is -2.05. The summed E-state index contributed by atoms with van der Waals surface area (Å²) in [6, 6.07) is 19.6. The number of hydrogen-bond donors (Lipinski definition) is 3. The van der Waals surface area contributed by atoms with Gasteiger partial charge in [0.05, 0.1) is 29.1 Å². The lowest BCUT2D eigenvalue weighted by atomic mass is 9.80. The first kappa shape index (κ1) is 28.6. The highest BCUT2D eigenvalue weighted by Crippen LogP contribution is 2.25. The van der Waals surface area contributed by atoms with Gasteiger partial charge in [-0.3, -0.25) is 5.10 Å². The molecule has 0 spiro atoms. The van der Waals surface area contributed by atoms with Crippen LogP contribution < -0.4 is 5.46 Å². The van der Waals surface area contributed by atoms with Gasteiger partial charge < -0.3 is 10.0 Å². The lowest BCUT2D eigenvalue weighted by molar-refractivity contribution is 0.425. The fraction of sp³-hybridized carbons (Fsp3) is 0.0714. The van der Waals surface area contributed by atoms with Gasteiger partial charge in [0.2, 0.25) is 0 Å². The van der Waals surface area contributed by atoms with Gasteiger partial charge in [-0.15, -0.1) is 0 Å². The zero-order chi connectivity index (χ0) is 28.1. The quantitative estimate of drug-likeness (QED) is 0.189. The SMILES string of the molecule is Cc1cc2[nH]ncc2cc1Br.Cc1cc2c(cnn2-c2ccc(F)cc2)cc1Br.OB(O)c1ccc(F)cc1. The summed E-state index contributed by atoms with van der Waals surface area (Å²) in [6.45, 7) is 4.09. The Hall–Kier alpha value is -3.38. The molecule has 0 saturated heterocycles. The van der Waals surface area contributed by atoms with Gasteiger partial charge in [0.25, 0.3) is 0 Å². The monoisotopic (exact) mass is 654 g/mol. The Bertz CT molecular complexity index is 1670. The van der Waals surface area contributed by atoms with Gasteiger partial charge >= 0.3 is 7.12 Å². The number of aromatic nitrogens is 4. The molecule has 6 rings (SSSR count). The highest BCUT2D eigenvalue weighted by Gasteiger charge is 2.09. The molecule has 3 N–H and O–H groups in total. The number of halogens is 4. The summed E-state index contributed by atoms with van der Waals surface area (Å²) in [4.78, 5) is 0. The van der Waals surface area contributed by atoms with E-state index in [-0.39, 0.29) is 11.6 Å². The summed E-state index contributed by atoms with van der Waals surface area (Å²) < 4.78 is 29.1. The van der Waals surface area contributed by atoms with Crippen LogP contribution in [0.2, 0.25) is 0 Å². The van der Waals surface area contributed by atoms with E-state index < -0.39 is 7.12 Å². The third-order valence-electron chi connectivity index (χ3n) is 5.81. The molecule has 0 aliphatic rings. The highest BCUT2D eigenvalue weighted by molar-refractivity contribution is 9.10. The number of aromatic amines is 1. The largest absolute Gasteiger partial charge is 0.488 e. The van der Waals surface area contributed by atoms with E-state index in [2.05, 4.69) is 72.3 Å². The summed E-state index contributed by atoms with van der Waals surface area (Å²) in [7, 11) is -1.51. The predicted octanol–water partition coefficient (Wildman–Crippen LogP) is 6.37. The maximum atomic E-state index is 12.9. The Morgan fingerprint density at radius 3 is 1.95 bits per heavy atom. The van der Waals surface area contributed by atoms with Crippen LogP contribution in [0.3, 0.4) is 0 Å². The van der Waals surface area contributed by atoms with Crippen molar-refractivity contribution >= 4 is 66.2 Å². The number of nitrogens with one attached hydrogen (secondary N) is 1. The number of rotatable bonds is 2. The molecule has 0 fully saturated rings. The molecule has 6 nitrogen and oxygen atoms in total. The van der Waals surface area contributed by atoms with E-state index in [1.165, 1.54) is 42.0 Å². The van der Waals surface area contributed by atoms with Crippen LogP contribution in [-0.4, -0.2) is 37.1 Å². The number of hydrogen-bond acceptors (Lipinski definition) is 4. The number of fused-ring (bicyclic) bond motifs is 2. The van der Waals surface area contributed by atoms with Crippen molar-refractivity contribution in [3.63, 3.8) is 0 Å². The Morgan fingerprint density at radius 1 is 0.769 bits per heavy atom. The number of aryl methyl sites for hydroxylation is 2. The molecule has 0 bridgehead atoms. The molecular formula is C28H23BBr2F2N4O2. The second-order valence-electron chi connectivity index (χ2n) is 8.68. The van der Waals surface area contributed by atoms with Crippen LogP contribution in [0.1, 0.15) is 11.1 Å². The predicted molar refractivity (Wildman–Crippen MR) is 158 cm³/mol. The minimum Gasteiger partial charge on any atom is -0.423 e. The van der Waals surface area contributed by atoms with Crippen molar-refractivity contribution in [3.8, 4) is 5.69 Å². The van der Waals surface area contributed by atoms with E-state index in [1.807, 2.05) is 30.1 Å². The molecule has 4 aromatic carbocycles. The molecule has 0 unspecified atom stereocenters. The molecular weight excluding hydrogens is 633 g/mol. The van der Waals surface area contributed by atoms with E-state index in [4.69, 9.17) is 10.0 Å². The molecule has 0 aliphatic carbocycles. The molecule has 2 aromatic heterocycles. The van der Waals surface area contributed by atoms with Crippen molar-refractivity contribution in [2.45, 2.75) is 13.8 Å². The first-order valence-corrected chi connectivity index (χ1v) is 13.3. The maximum absolute atomic E-state index is 12.9. The van der Waals surface area contributed by atoms with Crippen LogP contribution in [0.25, 0.3) is 27.5 Å². The normalized spacial score (nSPS) is 10.6. The summed E-state index contributed by atoms with van der Waals surface area (Å²) in [5, 5.41) is 30.5. The Labute approximate surface area is 240 Å². The summed E-state index contributed by atoms with van der Waals surface area (Å²) in [6.07, 6.45) is 3.63. The van der Waals surface area contributed by atoms with E-state index in [9.17, 15) is 8.78 Å². The maximum Gasteiger partial charge on any atom is 0.488 e. The fourth-order valence-electron chi connectivity index (χ4n) is 3.65. The van der Waals surface area contributed by atoms with Crippen LogP contribution in [0, 0.1) is 25.5 Å². The van der Waals surface area contributed by atoms with Crippen LogP contribution in [0.4, 0.5) is 8.78 Å². The molecule has 0 aliphatic heterocycles. The summed E-state index contributed by atoms with van der Waals surface area (Å²) in [5.74, 6) is -0.626. The van der Waals surface area contributed by atoms with Gasteiger partial charge in [0, 0.05) is 19.7 Å². The molecule has 0 saturated carbocycles. The van der Waals surface area contributed by atoms with Crippen LogP contribution >= 0.6 is 31.9 Å². The summed E-state index contributed by atoms with van der Waals surface area (Å²) >= 11 is 6.96. The molecule has 0 amide bonds. The molecule has 0 atom stereocenters. The van der Waals surface area contributed by atoms with Crippen molar-refractivity contribution < 1.29 is 18.8 Å². The first-order valence-electron chi connectivity index (χ1n) is 11.7. The Morgan fingerprint density at radius 2 is 1.33 bits per heavy atom. The average molecular weight is 656 g/mol. The second kappa shape index (κ2) is 12.7. The average Bonchev–Trinajstić information content (AvgIpc) is 3.53. The standard InChI is InChI=1S/C14H10BrFN2.C8H7BrN2.C6H6BFO2/c1-9-6-14-10(7-13(9)15)8-17-18(14)12-4-2-11(16)3-5-12;1-5-2-8-6(3-7(5)9)4-10-11-8;8-6-3-1-5(2-4-6)7(9)10/h2-8H,1H3;2-4H,1H3,(H,10,11);1-4,9-10H. The number of H-pyrrole nitrogens is 1. The zero-order valence-corrected chi connectivity index (χ0v) is 24.1. The Kier molecular flexibility index (Phi) is 9.29. The van der Waals surface area contributed by atoms with Gasteiger partial charge in [-0.25, -0.2) is 13.5 Å². The van der Waals surface area contributed by atoms with Crippen LogP contribution in [0.5, 0.6) is 0 Å². The van der Waals surface area contributed by atoms with E-state index in [0.717, 1.165) is 42.0 Å². The van der Waals surface area contributed by atoms with E-state index in [1.54, 1.807) is 12.1 Å². The first-order chi connectivity index (χ1) is 18.6. The topological polar surface area (TPSA) is 87.0 Å². The van der Waals surface area contributed by atoms with Crippen LogP contribution in [-0.2, 0) is 0 Å². The van der Waals surface area contributed by atoms with Crippen molar-refractivity contribution in [1.29, 1.82) is 0 Å². The van der Waals surface area contributed by atoms with Gasteiger partial charge in [-0.05, 0) is 91.1 Å². The molecule has 6 aromatic rings. The highest BCUT2D eigenvalue weighted by atomic mass is 79.9.